The molecule has 2 atom stereocenters. The van der Waals surface area contributed by atoms with Crippen molar-refractivity contribution in [3.05, 3.63) is 0 Å². The summed E-state index contributed by atoms with van der Waals surface area (Å²) in [6.45, 7) is 17.6. The van der Waals surface area contributed by atoms with E-state index >= 15 is 0 Å². The van der Waals surface area contributed by atoms with Crippen LogP contribution in [0.2, 0.25) is 0 Å². The molecule has 0 rings (SSSR count). The predicted octanol–water partition coefficient (Wildman–Crippen LogP) is 5.03. The van der Waals surface area contributed by atoms with Crippen molar-refractivity contribution in [2.75, 3.05) is 0 Å². The zero-order valence-electron chi connectivity index (χ0n) is 15.0. The fraction of sp³-hybridized carbons (Fsp3) is 0.944. The van der Waals surface area contributed by atoms with Gasteiger partial charge in [-0.2, -0.15) is 0 Å². The molecule has 0 bridgehead atoms. The molecule has 0 aliphatic heterocycles. The molecule has 0 heterocycles. The van der Waals surface area contributed by atoms with Crippen molar-refractivity contribution >= 4 is 5.91 Å². The lowest BCUT2D eigenvalue weighted by molar-refractivity contribution is -0.122. The third kappa shape index (κ3) is 8.60. The Morgan fingerprint density at radius 3 is 1.85 bits per heavy atom. The van der Waals surface area contributed by atoms with Gasteiger partial charge in [0.25, 0.3) is 0 Å². The summed E-state index contributed by atoms with van der Waals surface area (Å²) in [5.74, 6) is 3.04. The van der Waals surface area contributed by atoms with Crippen molar-refractivity contribution < 1.29 is 4.79 Å². The van der Waals surface area contributed by atoms with Gasteiger partial charge in [0.15, 0.2) is 0 Å². The van der Waals surface area contributed by atoms with E-state index in [-0.39, 0.29) is 11.4 Å². The van der Waals surface area contributed by atoms with Crippen LogP contribution in [0.1, 0.15) is 81.1 Å². The first-order chi connectivity index (χ1) is 9.06. The van der Waals surface area contributed by atoms with E-state index in [0.717, 1.165) is 18.3 Å². The Bertz CT molecular complexity index is 276. The van der Waals surface area contributed by atoms with Crippen molar-refractivity contribution in [2.45, 2.75) is 86.6 Å². The van der Waals surface area contributed by atoms with E-state index < -0.39 is 0 Å². The topological polar surface area (TPSA) is 29.1 Å². The van der Waals surface area contributed by atoms with Gasteiger partial charge in [0.05, 0.1) is 0 Å². The summed E-state index contributed by atoms with van der Waals surface area (Å²) in [4.78, 5) is 12.0. The molecule has 0 fully saturated rings. The summed E-state index contributed by atoms with van der Waals surface area (Å²) in [6, 6.07) is 0. The molecule has 0 aliphatic rings. The van der Waals surface area contributed by atoms with Crippen LogP contribution in [0.15, 0.2) is 0 Å². The molecule has 2 heteroatoms. The fourth-order valence-electron chi connectivity index (χ4n) is 2.82. The third-order valence-corrected chi connectivity index (χ3v) is 4.27. The maximum Gasteiger partial charge on any atom is 0.220 e. The lowest BCUT2D eigenvalue weighted by Crippen LogP contribution is -2.40. The number of carbonyl (C=O) groups excluding carboxylic acids is 1. The molecule has 20 heavy (non-hydrogen) atoms. The number of hydrogen-bond donors (Lipinski definition) is 1. The van der Waals surface area contributed by atoms with Crippen molar-refractivity contribution in [1.82, 2.24) is 5.32 Å². The molecular formula is C18H37NO. The molecule has 120 valence electrons. The Balaban J connectivity index is 4.38. The van der Waals surface area contributed by atoms with Gasteiger partial charge >= 0.3 is 0 Å². The van der Waals surface area contributed by atoms with Gasteiger partial charge in [-0.25, -0.2) is 0 Å². The molecule has 0 saturated carbocycles. The van der Waals surface area contributed by atoms with Crippen LogP contribution in [0.3, 0.4) is 0 Å². The highest BCUT2D eigenvalue weighted by molar-refractivity contribution is 5.76. The van der Waals surface area contributed by atoms with Crippen molar-refractivity contribution in [3.8, 4) is 0 Å². The summed E-state index contributed by atoms with van der Waals surface area (Å²) in [5.41, 5.74) is -0.117. The second-order valence-corrected chi connectivity index (χ2v) is 7.99. The standard InChI is InChI=1S/C18H37NO/c1-9-15(13(2)3)12-16(14(4)5)10-11-17(20)19-18(6,7)8/h13-16H,9-12H2,1-8H3,(H,19,20). The van der Waals surface area contributed by atoms with Crippen LogP contribution in [0.25, 0.3) is 0 Å². The highest BCUT2D eigenvalue weighted by atomic mass is 16.1. The lowest BCUT2D eigenvalue weighted by atomic mass is 9.78. The SMILES string of the molecule is CCC(CC(CCC(=O)NC(C)(C)C)C(C)C)C(C)C. The van der Waals surface area contributed by atoms with Crippen molar-refractivity contribution in [1.29, 1.82) is 0 Å². The molecule has 2 nitrogen and oxygen atoms in total. The normalized spacial score (nSPS) is 15.5. The highest BCUT2D eigenvalue weighted by Gasteiger charge is 2.22. The first-order valence-corrected chi connectivity index (χ1v) is 8.37. The minimum Gasteiger partial charge on any atom is -0.352 e. The smallest absolute Gasteiger partial charge is 0.220 e. The molecule has 1 N–H and O–H groups in total. The minimum absolute atomic E-state index is 0.117. The third-order valence-electron chi connectivity index (χ3n) is 4.27. The molecule has 0 aliphatic carbocycles. The Labute approximate surface area is 127 Å². The number of amides is 1. The van der Waals surface area contributed by atoms with Crippen molar-refractivity contribution in [3.63, 3.8) is 0 Å². The van der Waals surface area contributed by atoms with Gasteiger partial charge in [0.2, 0.25) is 5.91 Å². The molecule has 1 amide bonds. The molecule has 2 unspecified atom stereocenters. The van der Waals surface area contributed by atoms with Gasteiger partial charge in [-0.1, -0.05) is 41.0 Å². The van der Waals surface area contributed by atoms with Gasteiger partial charge < -0.3 is 5.32 Å². The van der Waals surface area contributed by atoms with E-state index in [1.54, 1.807) is 0 Å². The highest BCUT2D eigenvalue weighted by Crippen LogP contribution is 2.30. The Morgan fingerprint density at radius 1 is 1.00 bits per heavy atom. The van der Waals surface area contributed by atoms with E-state index in [1.807, 2.05) is 20.8 Å². The monoisotopic (exact) mass is 283 g/mol. The predicted molar refractivity (Wildman–Crippen MR) is 88.7 cm³/mol. The first kappa shape index (κ1) is 19.5. The zero-order valence-corrected chi connectivity index (χ0v) is 15.0. The van der Waals surface area contributed by atoms with Crippen LogP contribution >= 0.6 is 0 Å². The number of carbonyl (C=O) groups is 1. The van der Waals surface area contributed by atoms with Crippen LogP contribution in [-0.4, -0.2) is 11.4 Å². The maximum atomic E-state index is 12.0. The molecule has 0 spiro atoms. The summed E-state index contributed by atoms with van der Waals surface area (Å²) in [7, 11) is 0. The number of nitrogens with one attached hydrogen (secondary N) is 1. The molecule has 0 aromatic heterocycles. The van der Waals surface area contributed by atoms with Gasteiger partial charge in [-0.05, 0) is 57.3 Å². The van der Waals surface area contributed by atoms with Crippen LogP contribution in [-0.2, 0) is 4.79 Å². The Hall–Kier alpha value is -0.530. The molecular weight excluding hydrogens is 246 g/mol. The average Bonchev–Trinajstić information content (AvgIpc) is 2.25. The summed E-state index contributed by atoms with van der Waals surface area (Å²) in [5, 5.41) is 3.06. The van der Waals surface area contributed by atoms with Gasteiger partial charge in [0.1, 0.15) is 0 Å². The Kier molecular flexibility index (Phi) is 8.46. The zero-order chi connectivity index (χ0) is 15.9. The summed E-state index contributed by atoms with van der Waals surface area (Å²) >= 11 is 0. The average molecular weight is 284 g/mol. The summed E-state index contributed by atoms with van der Waals surface area (Å²) in [6.07, 6.45) is 4.18. The van der Waals surface area contributed by atoms with Crippen LogP contribution in [0, 0.1) is 23.7 Å². The molecule has 0 aromatic carbocycles. The molecule has 0 aromatic rings. The molecule has 0 radical (unpaired) electrons. The van der Waals surface area contributed by atoms with Crippen LogP contribution in [0.4, 0.5) is 0 Å². The van der Waals surface area contributed by atoms with Gasteiger partial charge in [-0.3, -0.25) is 4.79 Å². The van der Waals surface area contributed by atoms with Gasteiger partial charge in [-0.15, -0.1) is 0 Å². The lowest BCUT2D eigenvalue weighted by Gasteiger charge is -2.28. The van der Waals surface area contributed by atoms with E-state index in [9.17, 15) is 4.79 Å². The first-order valence-electron chi connectivity index (χ1n) is 8.37. The van der Waals surface area contributed by atoms with E-state index in [1.165, 1.54) is 12.8 Å². The Morgan fingerprint density at radius 2 is 1.50 bits per heavy atom. The maximum absolute atomic E-state index is 12.0. The van der Waals surface area contributed by atoms with E-state index in [0.29, 0.717) is 18.3 Å². The van der Waals surface area contributed by atoms with Crippen LogP contribution in [0.5, 0.6) is 0 Å². The fourth-order valence-corrected chi connectivity index (χ4v) is 2.82. The van der Waals surface area contributed by atoms with Gasteiger partial charge in [0, 0.05) is 12.0 Å². The molecule has 0 saturated heterocycles. The number of hydrogen-bond acceptors (Lipinski definition) is 1. The summed E-state index contributed by atoms with van der Waals surface area (Å²) < 4.78 is 0. The minimum atomic E-state index is -0.117. The quantitative estimate of drug-likeness (QED) is 0.665. The second-order valence-electron chi connectivity index (χ2n) is 7.99. The second kappa shape index (κ2) is 8.69. The van der Waals surface area contributed by atoms with E-state index in [4.69, 9.17) is 0 Å². The van der Waals surface area contributed by atoms with E-state index in [2.05, 4.69) is 39.9 Å². The van der Waals surface area contributed by atoms with Crippen LogP contribution < -0.4 is 5.32 Å². The number of rotatable bonds is 8. The largest absolute Gasteiger partial charge is 0.352 e. The van der Waals surface area contributed by atoms with Crippen molar-refractivity contribution in [2.24, 2.45) is 23.7 Å².